The number of aromatic nitrogens is 5. The van der Waals surface area contributed by atoms with Crippen LogP contribution in [0.1, 0.15) is 41.9 Å². The van der Waals surface area contributed by atoms with Gasteiger partial charge >= 0.3 is 0 Å². The summed E-state index contributed by atoms with van der Waals surface area (Å²) >= 11 is 0. The zero-order valence-corrected chi connectivity index (χ0v) is 18.2. The van der Waals surface area contributed by atoms with Gasteiger partial charge in [0.05, 0.1) is 5.69 Å². The summed E-state index contributed by atoms with van der Waals surface area (Å²) < 4.78 is 9.02. The van der Waals surface area contributed by atoms with Crippen LogP contribution in [0.15, 0.2) is 4.99 Å². The molecule has 0 bridgehead atoms. The quantitative estimate of drug-likeness (QED) is 0.379. The Bertz CT molecular complexity index is 792. The minimum atomic E-state index is 0.205. The molecular weight excluding hydrogens is 356 g/mol. The van der Waals surface area contributed by atoms with Crippen molar-refractivity contribution >= 4 is 5.96 Å². The van der Waals surface area contributed by atoms with E-state index in [0.717, 1.165) is 42.7 Å². The van der Waals surface area contributed by atoms with E-state index in [1.54, 1.807) is 7.11 Å². The standard InChI is InChI=1S/C19H34N8O/c1-13(11-17-14(2)25-27(6)15(17)3)22-19(20-9-8-10-28-7)21-12-18-24-23-16(4)26(18)5/h13H,8-12H2,1-7H3,(H2,20,21,22). The highest BCUT2D eigenvalue weighted by Crippen LogP contribution is 2.14. The van der Waals surface area contributed by atoms with E-state index < -0.39 is 0 Å². The largest absolute Gasteiger partial charge is 0.385 e. The minimum absolute atomic E-state index is 0.205. The molecule has 9 nitrogen and oxygen atoms in total. The minimum Gasteiger partial charge on any atom is -0.385 e. The summed E-state index contributed by atoms with van der Waals surface area (Å²) in [7, 11) is 5.65. The van der Waals surface area contributed by atoms with Gasteiger partial charge in [-0.25, -0.2) is 4.99 Å². The first-order chi connectivity index (χ1) is 13.3. The molecule has 2 heterocycles. The molecule has 2 aromatic rings. The highest BCUT2D eigenvalue weighted by atomic mass is 16.5. The first-order valence-electron chi connectivity index (χ1n) is 9.71. The second-order valence-electron chi connectivity index (χ2n) is 7.18. The van der Waals surface area contributed by atoms with Gasteiger partial charge in [0.1, 0.15) is 12.4 Å². The van der Waals surface area contributed by atoms with Gasteiger partial charge in [-0.3, -0.25) is 4.68 Å². The van der Waals surface area contributed by atoms with Crippen molar-refractivity contribution in [1.29, 1.82) is 0 Å². The van der Waals surface area contributed by atoms with E-state index >= 15 is 0 Å². The van der Waals surface area contributed by atoms with Crippen LogP contribution in [0.4, 0.5) is 0 Å². The molecule has 0 amide bonds. The SMILES string of the molecule is COCCCNC(=NCc1nnc(C)n1C)NC(C)Cc1c(C)nn(C)c1C. The maximum atomic E-state index is 5.13. The van der Waals surface area contributed by atoms with E-state index in [1.165, 1.54) is 11.3 Å². The number of aryl methyl sites for hydroxylation is 3. The number of aliphatic imine (C=N–C) groups is 1. The fraction of sp³-hybridized carbons (Fsp3) is 0.684. The summed E-state index contributed by atoms with van der Waals surface area (Å²) in [6.45, 7) is 10.2. The zero-order valence-electron chi connectivity index (χ0n) is 18.2. The van der Waals surface area contributed by atoms with Gasteiger partial charge < -0.3 is 19.9 Å². The Morgan fingerprint density at radius 3 is 2.54 bits per heavy atom. The van der Waals surface area contributed by atoms with Crippen molar-refractivity contribution in [2.75, 3.05) is 20.3 Å². The number of guanidine groups is 1. The van der Waals surface area contributed by atoms with Crippen LogP contribution in [0.25, 0.3) is 0 Å². The predicted molar refractivity (Wildman–Crippen MR) is 110 cm³/mol. The lowest BCUT2D eigenvalue weighted by Gasteiger charge is -2.19. The second-order valence-corrected chi connectivity index (χ2v) is 7.18. The molecule has 0 aliphatic heterocycles. The number of hydrogen-bond donors (Lipinski definition) is 2. The second kappa shape index (κ2) is 10.2. The number of nitrogens with zero attached hydrogens (tertiary/aromatic N) is 6. The summed E-state index contributed by atoms with van der Waals surface area (Å²) in [5, 5.41) is 19.7. The summed E-state index contributed by atoms with van der Waals surface area (Å²) in [5.74, 6) is 2.48. The Hall–Kier alpha value is -2.42. The van der Waals surface area contributed by atoms with Crippen LogP contribution in [0.2, 0.25) is 0 Å². The van der Waals surface area contributed by atoms with Gasteiger partial charge in [0, 0.05) is 46.1 Å². The zero-order chi connectivity index (χ0) is 20.7. The number of ether oxygens (including phenoxy) is 1. The first-order valence-corrected chi connectivity index (χ1v) is 9.71. The maximum absolute atomic E-state index is 5.13. The lowest BCUT2D eigenvalue weighted by Crippen LogP contribution is -2.43. The molecule has 1 unspecified atom stereocenters. The fourth-order valence-corrected chi connectivity index (χ4v) is 3.02. The van der Waals surface area contributed by atoms with Gasteiger partial charge in [-0.2, -0.15) is 5.10 Å². The molecule has 0 radical (unpaired) electrons. The Morgan fingerprint density at radius 2 is 1.96 bits per heavy atom. The highest BCUT2D eigenvalue weighted by molar-refractivity contribution is 5.80. The van der Waals surface area contributed by atoms with E-state index in [9.17, 15) is 0 Å². The van der Waals surface area contributed by atoms with Crippen LogP contribution >= 0.6 is 0 Å². The molecule has 28 heavy (non-hydrogen) atoms. The fourth-order valence-electron chi connectivity index (χ4n) is 3.02. The molecule has 0 saturated heterocycles. The number of nitrogens with one attached hydrogen (secondary N) is 2. The Balaban J connectivity index is 2.04. The van der Waals surface area contributed by atoms with Crippen molar-refractivity contribution in [3.8, 4) is 0 Å². The maximum Gasteiger partial charge on any atom is 0.191 e. The molecule has 0 aliphatic carbocycles. The summed E-state index contributed by atoms with van der Waals surface area (Å²) in [4.78, 5) is 4.71. The Kier molecular flexibility index (Phi) is 7.98. The van der Waals surface area contributed by atoms with Crippen molar-refractivity contribution in [1.82, 2.24) is 35.2 Å². The third-order valence-corrected chi connectivity index (χ3v) is 4.93. The summed E-state index contributed by atoms with van der Waals surface area (Å²) in [6.07, 6.45) is 1.79. The van der Waals surface area contributed by atoms with Crippen molar-refractivity contribution in [2.24, 2.45) is 19.1 Å². The predicted octanol–water partition coefficient (Wildman–Crippen LogP) is 1.18. The number of hydrogen-bond acceptors (Lipinski definition) is 5. The first kappa shape index (κ1) is 21.9. The van der Waals surface area contributed by atoms with Gasteiger partial charge in [0.2, 0.25) is 0 Å². The van der Waals surface area contributed by atoms with Gasteiger partial charge in [0.25, 0.3) is 0 Å². The van der Waals surface area contributed by atoms with Crippen LogP contribution < -0.4 is 10.6 Å². The number of rotatable bonds is 9. The highest BCUT2D eigenvalue weighted by Gasteiger charge is 2.14. The average molecular weight is 391 g/mol. The third-order valence-electron chi connectivity index (χ3n) is 4.93. The van der Waals surface area contributed by atoms with Gasteiger partial charge in [-0.05, 0) is 46.1 Å². The lowest BCUT2D eigenvalue weighted by molar-refractivity contribution is 0.195. The Morgan fingerprint density at radius 1 is 1.21 bits per heavy atom. The molecule has 0 aliphatic rings. The number of methoxy groups -OCH3 is 1. The monoisotopic (exact) mass is 390 g/mol. The van der Waals surface area contributed by atoms with Gasteiger partial charge in [0.15, 0.2) is 11.8 Å². The van der Waals surface area contributed by atoms with E-state index in [1.807, 2.05) is 30.3 Å². The van der Waals surface area contributed by atoms with Crippen molar-refractivity contribution in [3.05, 3.63) is 28.6 Å². The normalized spacial score (nSPS) is 13.0. The van der Waals surface area contributed by atoms with E-state index in [-0.39, 0.29) is 6.04 Å². The van der Waals surface area contributed by atoms with E-state index in [4.69, 9.17) is 9.73 Å². The average Bonchev–Trinajstić information content (AvgIpc) is 3.09. The molecular formula is C19H34N8O. The molecule has 1 atom stereocenters. The van der Waals surface area contributed by atoms with Gasteiger partial charge in [-0.15, -0.1) is 10.2 Å². The lowest BCUT2D eigenvalue weighted by atomic mass is 10.1. The van der Waals surface area contributed by atoms with Crippen molar-refractivity contribution in [2.45, 2.75) is 53.1 Å². The molecule has 0 aromatic carbocycles. The van der Waals surface area contributed by atoms with Crippen LogP contribution in [0.5, 0.6) is 0 Å². The van der Waals surface area contributed by atoms with Crippen LogP contribution in [0, 0.1) is 20.8 Å². The topological polar surface area (TPSA) is 94.2 Å². The van der Waals surface area contributed by atoms with Crippen LogP contribution in [0.3, 0.4) is 0 Å². The molecule has 0 fully saturated rings. The van der Waals surface area contributed by atoms with Crippen molar-refractivity contribution < 1.29 is 4.74 Å². The van der Waals surface area contributed by atoms with Crippen LogP contribution in [-0.2, 0) is 31.8 Å². The molecule has 2 aromatic heterocycles. The van der Waals surface area contributed by atoms with Gasteiger partial charge in [-0.1, -0.05) is 0 Å². The third kappa shape index (κ3) is 5.79. The Labute approximate surface area is 167 Å². The van der Waals surface area contributed by atoms with Crippen molar-refractivity contribution in [3.63, 3.8) is 0 Å². The van der Waals surface area contributed by atoms with E-state index in [2.05, 4.69) is 46.7 Å². The summed E-state index contributed by atoms with van der Waals surface area (Å²) in [6, 6.07) is 0.205. The molecule has 2 N–H and O–H groups in total. The molecule has 9 heteroatoms. The molecule has 2 rings (SSSR count). The molecule has 0 saturated carbocycles. The molecule has 0 spiro atoms. The smallest absolute Gasteiger partial charge is 0.191 e. The van der Waals surface area contributed by atoms with Crippen LogP contribution in [-0.4, -0.2) is 56.8 Å². The molecule has 156 valence electrons. The van der Waals surface area contributed by atoms with E-state index in [0.29, 0.717) is 13.2 Å². The summed E-state index contributed by atoms with van der Waals surface area (Å²) in [5.41, 5.74) is 3.56.